The third-order valence-electron chi connectivity index (χ3n) is 3.08. The highest BCUT2D eigenvalue weighted by Crippen LogP contribution is 2.22. The van der Waals surface area contributed by atoms with E-state index in [1.165, 1.54) is 0 Å². The molecule has 0 aliphatic heterocycles. The van der Waals surface area contributed by atoms with E-state index >= 15 is 0 Å². The highest BCUT2D eigenvalue weighted by molar-refractivity contribution is 6.05. The van der Waals surface area contributed by atoms with Crippen molar-refractivity contribution in [1.29, 1.82) is 0 Å². The van der Waals surface area contributed by atoms with Crippen LogP contribution in [0.15, 0.2) is 48.5 Å². The molecule has 0 bridgehead atoms. The Morgan fingerprint density at radius 2 is 1.60 bits per heavy atom. The van der Waals surface area contributed by atoms with Gasteiger partial charge in [0.15, 0.2) is 0 Å². The first-order valence-corrected chi connectivity index (χ1v) is 6.22. The Kier molecular flexibility index (Phi) is 4.25. The van der Waals surface area contributed by atoms with Crippen LogP contribution >= 0.6 is 0 Å². The van der Waals surface area contributed by atoms with Gasteiger partial charge >= 0.3 is 0 Å². The number of rotatable bonds is 4. The topological polar surface area (TPSA) is 38.8 Å². The third-order valence-corrected chi connectivity index (χ3v) is 3.08. The molecule has 0 spiro atoms. The smallest absolute Gasteiger partial charge is 0.258 e. The van der Waals surface area contributed by atoms with Crippen LogP contribution in [0.25, 0.3) is 0 Å². The summed E-state index contributed by atoms with van der Waals surface area (Å²) in [7, 11) is 4.94. The van der Waals surface area contributed by atoms with Crippen LogP contribution in [0.2, 0.25) is 0 Å². The van der Waals surface area contributed by atoms with Crippen LogP contribution < -0.4 is 14.4 Å². The fraction of sp³-hybridized carbons (Fsp3) is 0.188. The normalized spacial score (nSPS) is 9.95. The molecule has 0 aromatic heterocycles. The van der Waals surface area contributed by atoms with Crippen molar-refractivity contribution >= 4 is 11.6 Å². The number of anilines is 1. The number of amides is 1. The predicted molar refractivity (Wildman–Crippen MR) is 78.7 cm³/mol. The van der Waals surface area contributed by atoms with E-state index < -0.39 is 0 Å². The first kappa shape index (κ1) is 13.9. The fourth-order valence-corrected chi connectivity index (χ4v) is 1.86. The minimum atomic E-state index is -0.0825. The SMILES string of the molecule is COc1ccc(C(=O)N(C)c2cccc(OC)c2)cc1. The lowest BCUT2D eigenvalue weighted by atomic mass is 10.2. The molecule has 0 unspecified atom stereocenters. The minimum Gasteiger partial charge on any atom is -0.497 e. The maximum atomic E-state index is 12.4. The van der Waals surface area contributed by atoms with E-state index in [1.54, 1.807) is 50.4 Å². The van der Waals surface area contributed by atoms with Crippen molar-refractivity contribution in [3.63, 3.8) is 0 Å². The molecule has 0 aliphatic carbocycles. The van der Waals surface area contributed by atoms with Crippen molar-refractivity contribution < 1.29 is 14.3 Å². The summed E-state index contributed by atoms with van der Waals surface area (Å²) in [6.45, 7) is 0. The Morgan fingerprint density at radius 1 is 0.950 bits per heavy atom. The van der Waals surface area contributed by atoms with E-state index in [0.717, 1.165) is 17.2 Å². The van der Waals surface area contributed by atoms with Gasteiger partial charge in [0.1, 0.15) is 11.5 Å². The van der Waals surface area contributed by atoms with E-state index in [4.69, 9.17) is 9.47 Å². The summed E-state index contributed by atoms with van der Waals surface area (Å²) in [5, 5.41) is 0. The van der Waals surface area contributed by atoms with Gasteiger partial charge in [0.05, 0.1) is 14.2 Å². The molecule has 20 heavy (non-hydrogen) atoms. The van der Waals surface area contributed by atoms with Gasteiger partial charge in [-0.05, 0) is 36.4 Å². The summed E-state index contributed by atoms with van der Waals surface area (Å²) < 4.78 is 10.2. The Hall–Kier alpha value is -2.49. The van der Waals surface area contributed by atoms with Crippen LogP contribution in [0.4, 0.5) is 5.69 Å². The van der Waals surface area contributed by atoms with E-state index in [1.807, 2.05) is 24.3 Å². The second-order valence-corrected chi connectivity index (χ2v) is 4.29. The summed E-state index contributed by atoms with van der Waals surface area (Å²) in [5.41, 5.74) is 1.39. The van der Waals surface area contributed by atoms with Crippen molar-refractivity contribution in [2.24, 2.45) is 0 Å². The molecule has 0 saturated carbocycles. The second-order valence-electron chi connectivity index (χ2n) is 4.29. The van der Waals surface area contributed by atoms with Gasteiger partial charge in [-0.15, -0.1) is 0 Å². The van der Waals surface area contributed by atoms with Gasteiger partial charge in [0.25, 0.3) is 5.91 Å². The largest absolute Gasteiger partial charge is 0.497 e. The predicted octanol–water partition coefficient (Wildman–Crippen LogP) is 2.98. The zero-order valence-corrected chi connectivity index (χ0v) is 11.8. The van der Waals surface area contributed by atoms with Crippen molar-refractivity contribution in [3.8, 4) is 11.5 Å². The lowest BCUT2D eigenvalue weighted by molar-refractivity contribution is 0.0993. The Bertz CT molecular complexity index is 593. The van der Waals surface area contributed by atoms with Crippen molar-refractivity contribution in [2.75, 3.05) is 26.2 Å². The average Bonchev–Trinajstić information content (AvgIpc) is 2.53. The highest BCUT2D eigenvalue weighted by Gasteiger charge is 2.13. The van der Waals surface area contributed by atoms with Crippen LogP contribution in [-0.4, -0.2) is 27.2 Å². The number of methoxy groups -OCH3 is 2. The zero-order valence-electron chi connectivity index (χ0n) is 11.8. The lowest BCUT2D eigenvalue weighted by Gasteiger charge is -2.18. The molecular formula is C16H17NO3. The molecule has 0 saturated heterocycles. The van der Waals surface area contributed by atoms with E-state index in [2.05, 4.69) is 0 Å². The molecule has 2 aromatic rings. The van der Waals surface area contributed by atoms with E-state index in [0.29, 0.717) is 5.56 Å². The first-order chi connectivity index (χ1) is 9.65. The minimum absolute atomic E-state index is 0.0825. The number of nitrogens with zero attached hydrogens (tertiary/aromatic N) is 1. The number of hydrogen-bond donors (Lipinski definition) is 0. The van der Waals surface area contributed by atoms with Crippen molar-refractivity contribution in [2.45, 2.75) is 0 Å². The fourth-order valence-electron chi connectivity index (χ4n) is 1.86. The highest BCUT2D eigenvalue weighted by atomic mass is 16.5. The molecule has 0 N–H and O–H groups in total. The van der Waals surface area contributed by atoms with Gasteiger partial charge in [-0.3, -0.25) is 4.79 Å². The molecule has 2 aromatic carbocycles. The van der Waals surface area contributed by atoms with E-state index in [9.17, 15) is 4.79 Å². The molecule has 4 heteroatoms. The number of carbonyl (C=O) groups excluding carboxylic acids is 1. The molecule has 4 nitrogen and oxygen atoms in total. The molecule has 0 aliphatic rings. The standard InChI is InChI=1S/C16H17NO3/c1-17(13-5-4-6-15(11-13)20-3)16(18)12-7-9-14(19-2)10-8-12/h4-11H,1-3H3. The van der Waals surface area contributed by atoms with Gasteiger partial charge in [0, 0.05) is 24.4 Å². The lowest BCUT2D eigenvalue weighted by Crippen LogP contribution is -2.26. The summed E-state index contributed by atoms with van der Waals surface area (Å²) in [5.74, 6) is 1.36. The maximum Gasteiger partial charge on any atom is 0.258 e. The molecule has 0 heterocycles. The number of ether oxygens (including phenoxy) is 2. The number of hydrogen-bond acceptors (Lipinski definition) is 3. The van der Waals surface area contributed by atoms with Crippen molar-refractivity contribution in [3.05, 3.63) is 54.1 Å². The summed E-state index contributed by atoms with van der Waals surface area (Å²) in [6, 6.07) is 14.4. The Balaban J connectivity index is 2.22. The van der Waals surface area contributed by atoms with E-state index in [-0.39, 0.29) is 5.91 Å². The van der Waals surface area contributed by atoms with Gasteiger partial charge < -0.3 is 14.4 Å². The van der Waals surface area contributed by atoms with Gasteiger partial charge in [-0.1, -0.05) is 6.07 Å². The molecule has 104 valence electrons. The van der Waals surface area contributed by atoms with Gasteiger partial charge in [-0.2, -0.15) is 0 Å². The van der Waals surface area contributed by atoms with Crippen LogP contribution in [0.5, 0.6) is 11.5 Å². The molecule has 2 rings (SSSR count). The molecule has 0 radical (unpaired) electrons. The van der Waals surface area contributed by atoms with Crippen LogP contribution in [0, 0.1) is 0 Å². The monoisotopic (exact) mass is 271 g/mol. The summed E-state index contributed by atoms with van der Waals surface area (Å²) in [4.78, 5) is 14.0. The van der Waals surface area contributed by atoms with Crippen LogP contribution in [0.3, 0.4) is 0 Å². The third kappa shape index (κ3) is 2.91. The summed E-state index contributed by atoms with van der Waals surface area (Å²) in [6.07, 6.45) is 0. The Labute approximate surface area is 118 Å². The molecule has 0 fully saturated rings. The van der Waals surface area contributed by atoms with Crippen molar-refractivity contribution in [1.82, 2.24) is 0 Å². The maximum absolute atomic E-state index is 12.4. The number of carbonyl (C=O) groups is 1. The Morgan fingerprint density at radius 3 is 2.20 bits per heavy atom. The van der Waals surface area contributed by atoms with Crippen LogP contribution in [-0.2, 0) is 0 Å². The first-order valence-electron chi connectivity index (χ1n) is 6.22. The average molecular weight is 271 g/mol. The molecule has 0 atom stereocenters. The van der Waals surface area contributed by atoms with Gasteiger partial charge in [0.2, 0.25) is 0 Å². The zero-order chi connectivity index (χ0) is 14.5. The summed E-state index contributed by atoms with van der Waals surface area (Å²) >= 11 is 0. The quantitative estimate of drug-likeness (QED) is 0.858. The molecule has 1 amide bonds. The van der Waals surface area contributed by atoms with Crippen LogP contribution in [0.1, 0.15) is 10.4 Å². The van der Waals surface area contributed by atoms with Gasteiger partial charge in [-0.25, -0.2) is 0 Å². The number of benzene rings is 2. The second kappa shape index (κ2) is 6.10. The molecular weight excluding hydrogens is 254 g/mol.